The predicted octanol–water partition coefficient (Wildman–Crippen LogP) is 0.956. The zero-order valence-electron chi connectivity index (χ0n) is 13.7. The maximum atomic E-state index is 12.4. The van der Waals surface area contributed by atoms with Crippen molar-refractivity contribution >= 4 is 21.1 Å². The second-order valence-electron chi connectivity index (χ2n) is 5.70. The number of H-pyrrole nitrogens is 2. The molecule has 0 fully saturated rings. The average molecular weight is 349 g/mol. The molecule has 128 valence electrons. The van der Waals surface area contributed by atoms with Crippen molar-refractivity contribution in [1.29, 1.82) is 0 Å². The first-order chi connectivity index (χ1) is 11.3. The Bertz CT molecular complexity index is 1060. The van der Waals surface area contributed by atoms with Gasteiger partial charge in [0.25, 0.3) is 0 Å². The number of hydrogen-bond acceptors (Lipinski definition) is 4. The average Bonchev–Trinajstić information content (AvgIpc) is 3.01. The topological polar surface area (TPSA) is 113 Å². The van der Waals surface area contributed by atoms with Gasteiger partial charge in [-0.1, -0.05) is 0 Å². The highest BCUT2D eigenvalue weighted by molar-refractivity contribution is 7.89. The van der Waals surface area contributed by atoms with Crippen LogP contribution in [-0.2, 0) is 16.6 Å². The number of sulfonamides is 1. The molecule has 2 aromatic heterocycles. The molecular weight excluding hydrogens is 330 g/mol. The molecule has 2 heterocycles. The number of imidazole rings is 1. The van der Waals surface area contributed by atoms with Gasteiger partial charge in [-0.05, 0) is 44.5 Å². The van der Waals surface area contributed by atoms with E-state index in [2.05, 4.69) is 19.8 Å². The first kappa shape index (κ1) is 16.5. The van der Waals surface area contributed by atoms with E-state index in [-0.39, 0.29) is 17.1 Å². The monoisotopic (exact) mass is 349 g/mol. The number of aryl methyl sites for hydroxylation is 1. The summed E-state index contributed by atoms with van der Waals surface area (Å²) in [6, 6.07) is 4.46. The molecule has 0 amide bonds. The minimum atomic E-state index is -3.66. The number of hydrogen-bond donors (Lipinski definition) is 3. The number of nitrogens with one attached hydrogen (secondary N) is 3. The highest BCUT2D eigenvalue weighted by Crippen LogP contribution is 2.15. The highest BCUT2D eigenvalue weighted by Gasteiger charge is 2.15. The van der Waals surface area contributed by atoms with Crippen molar-refractivity contribution in [3.05, 3.63) is 45.6 Å². The number of aromatic amines is 2. The molecule has 0 saturated heterocycles. The summed E-state index contributed by atoms with van der Waals surface area (Å²) >= 11 is 0. The fourth-order valence-corrected chi connectivity index (χ4v) is 3.60. The zero-order chi connectivity index (χ0) is 17.5. The molecule has 24 heavy (non-hydrogen) atoms. The third-order valence-corrected chi connectivity index (χ3v) is 5.62. The van der Waals surface area contributed by atoms with Gasteiger partial charge in [-0.25, -0.2) is 17.9 Å². The zero-order valence-corrected chi connectivity index (χ0v) is 14.5. The Labute approximate surface area is 139 Å². The van der Waals surface area contributed by atoms with Crippen LogP contribution in [0.5, 0.6) is 0 Å². The van der Waals surface area contributed by atoms with Gasteiger partial charge in [0, 0.05) is 12.2 Å². The number of aromatic nitrogens is 4. The van der Waals surface area contributed by atoms with Crippen molar-refractivity contribution in [3.8, 4) is 0 Å². The van der Waals surface area contributed by atoms with Crippen molar-refractivity contribution in [1.82, 2.24) is 24.5 Å². The van der Waals surface area contributed by atoms with E-state index < -0.39 is 10.0 Å². The van der Waals surface area contributed by atoms with E-state index in [1.165, 1.54) is 12.1 Å². The second kappa shape index (κ2) is 5.91. The third-order valence-electron chi connectivity index (χ3n) is 4.16. The van der Waals surface area contributed by atoms with Crippen LogP contribution in [0.4, 0.5) is 0 Å². The van der Waals surface area contributed by atoms with E-state index in [0.717, 1.165) is 17.0 Å². The Hall–Kier alpha value is -2.39. The van der Waals surface area contributed by atoms with Crippen LogP contribution in [0.15, 0.2) is 27.9 Å². The lowest BCUT2D eigenvalue weighted by Gasteiger charge is -2.08. The van der Waals surface area contributed by atoms with E-state index in [9.17, 15) is 13.2 Å². The van der Waals surface area contributed by atoms with Gasteiger partial charge in [0.05, 0.1) is 28.2 Å². The van der Waals surface area contributed by atoms with Crippen LogP contribution < -0.4 is 10.4 Å². The van der Waals surface area contributed by atoms with Crippen molar-refractivity contribution in [2.45, 2.75) is 32.2 Å². The van der Waals surface area contributed by atoms with Crippen molar-refractivity contribution in [2.75, 3.05) is 6.54 Å². The Balaban J connectivity index is 1.75. The molecule has 1 aromatic carbocycles. The summed E-state index contributed by atoms with van der Waals surface area (Å²) in [6.45, 7) is 6.55. The van der Waals surface area contributed by atoms with Gasteiger partial charge in [0.15, 0.2) is 0 Å². The Morgan fingerprint density at radius 3 is 2.54 bits per heavy atom. The van der Waals surface area contributed by atoms with Gasteiger partial charge < -0.3 is 9.97 Å². The molecule has 0 saturated carbocycles. The standard InChI is InChI=1S/C15H19N5O3S/c1-9-10(2)19-20(11(9)3)7-6-16-24(22,23)12-4-5-13-14(8-12)18-15(21)17-13/h4-5,8,16H,6-7H2,1-3H3,(H2,17,18,21). The highest BCUT2D eigenvalue weighted by atomic mass is 32.2. The fraction of sp³-hybridized carbons (Fsp3) is 0.333. The minimum Gasteiger partial charge on any atom is -0.306 e. The SMILES string of the molecule is Cc1nn(CCNS(=O)(=O)c2ccc3[nH]c(=O)[nH]c3c2)c(C)c1C. The second-order valence-corrected chi connectivity index (χ2v) is 7.47. The van der Waals surface area contributed by atoms with Gasteiger partial charge in [-0.2, -0.15) is 5.10 Å². The van der Waals surface area contributed by atoms with Crippen LogP contribution in [0.3, 0.4) is 0 Å². The molecule has 0 bridgehead atoms. The quantitative estimate of drug-likeness (QED) is 0.636. The maximum absolute atomic E-state index is 12.4. The molecule has 0 spiro atoms. The first-order valence-electron chi connectivity index (χ1n) is 7.50. The minimum absolute atomic E-state index is 0.106. The van der Waals surface area contributed by atoms with Crippen LogP contribution in [0, 0.1) is 20.8 Å². The van der Waals surface area contributed by atoms with E-state index in [4.69, 9.17) is 0 Å². The lowest BCUT2D eigenvalue weighted by atomic mass is 10.2. The van der Waals surface area contributed by atoms with Crippen molar-refractivity contribution in [3.63, 3.8) is 0 Å². The molecule has 0 unspecified atom stereocenters. The lowest BCUT2D eigenvalue weighted by molar-refractivity contribution is 0.554. The normalized spacial score (nSPS) is 12.1. The summed E-state index contributed by atoms with van der Waals surface area (Å²) < 4.78 is 29.1. The number of rotatable bonds is 5. The summed E-state index contributed by atoms with van der Waals surface area (Å²) in [5.41, 5.74) is 3.73. The van der Waals surface area contributed by atoms with Gasteiger partial charge in [0.2, 0.25) is 10.0 Å². The van der Waals surface area contributed by atoms with Gasteiger partial charge in [0.1, 0.15) is 0 Å². The summed E-state index contributed by atoms with van der Waals surface area (Å²) in [5, 5.41) is 4.38. The van der Waals surface area contributed by atoms with Crippen LogP contribution in [0.25, 0.3) is 11.0 Å². The molecular formula is C15H19N5O3S. The first-order valence-corrected chi connectivity index (χ1v) is 8.98. The van der Waals surface area contributed by atoms with Crippen LogP contribution >= 0.6 is 0 Å². The number of benzene rings is 1. The van der Waals surface area contributed by atoms with Crippen molar-refractivity contribution in [2.24, 2.45) is 0 Å². The van der Waals surface area contributed by atoms with Crippen LogP contribution in [0.1, 0.15) is 17.0 Å². The van der Waals surface area contributed by atoms with E-state index in [0.29, 0.717) is 17.6 Å². The maximum Gasteiger partial charge on any atom is 0.323 e. The number of fused-ring (bicyclic) bond motifs is 1. The summed E-state index contributed by atoms with van der Waals surface area (Å²) in [4.78, 5) is 16.5. The Kier molecular flexibility index (Phi) is 4.06. The molecule has 0 aliphatic carbocycles. The molecule has 8 nitrogen and oxygen atoms in total. The van der Waals surface area contributed by atoms with E-state index in [1.807, 2.05) is 20.8 Å². The van der Waals surface area contributed by atoms with Crippen LogP contribution in [0.2, 0.25) is 0 Å². The molecule has 3 rings (SSSR count). The summed E-state index contributed by atoms with van der Waals surface area (Å²) in [5.74, 6) is 0. The Morgan fingerprint density at radius 2 is 1.88 bits per heavy atom. The smallest absolute Gasteiger partial charge is 0.306 e. The fourth-order valence-electron chi connectivity index (χ4n) is 2.55. The Morgan fingerprint density at radius 1 is 1.17 bits per heavy atom. The van der Waals surface area contributed by atoms with Crippen LogP contribution in [-0.4, -0.2) is 34.7 Å². The van der Waals surface area contributed by atoms with Gasteiger partial charge >= 0.3 is 5.69 Å². The van der Waals surface area contributed by atoms with E-state index >= 15 is 0 Å². The molecule has 3 N–H and O–H groups in total. The molecule has 3 aromatic rings. The molecule has 0 radical (unpaired) electrons. The number of nitrogens with zero attached hydrogens (tertiary/aromatic N) is 2. The third kappa shape index (κ3) is 3.00. The van der Waals surface area contributed by atoms with E-state index in [1.54, 1.807) is 10.7 Å². The molecule has 0 atom stereocenters. The molecule has 9 heteroatoms. The molecule has 0 aliphatic rings. The predicted molar refractivity (Wildman–Crippen MR) is 90.5 cm³/mol. The van der Waals surface area contributed by atoms with Gasteiger partial charge in [-0.3, -0.25) is 4.68 Å². The lowest BCUT2D eigenvalue weighted by Crippen LogP contribution is -2.28. The summed E-state index contributed by atoms with van der Waals surface area (Å²) in [7, 11) is -3.66. The summed E-state index contributed by atoms with van der Waals surface area (Å²) in [6.07, 6.45) is 0. The van der Waals surface area contributed by atoms with Crippen molar-refractivity contribution < 1.29 is 8.42 Å². The molecule has 0 aliphatic heterocycles. The van der Waals surface area contributed by atoms with Gasteiger partial charge in [-0.15, -0.1) is 0 Å². The largest absolute Gasteiger partial charge is 0.323 e.